The Labute approximate surface area is 203 Å². The van der Waals surface area contributed by atoms with Gasteiger partial charge in [-0.1, -0.05) is 6.07 Å². The van der Waals surface area contributed by atoms with Gasteiger partial charge in [0.2, 0.25) is 11.7 Å². The van der Waals surface area contributed by atoms with E-state index in [4.69, 9.17) is 19.2 Å². The maximum atomic E-state index is 5.98. The standard InChI is InChI=1S/C25H29N7O3/c1-33-23-7-2-5-21(27-23)24-29-25(22-6-3-11-32(22)30-24)28-20-8-9-26-17-19(20)18-35-14-4-10-31-12-15-34-16-13-31/h2-3,5-9,11,17H,4,10,12-16,18H2,1H3,(H,26,28,29,30). The van der Waals surface area contributed by atoms with E-state index in [2.05, 4.69) is 25.3 Å². The van der Waals surface area contributed by atoms with Crippen LogP contribution >= 0.6 is 0 Å². The minimum absolute atomic E-state index is 0.464. The molecule has 10 nitrogen and oxygen atoms in total. The number of fused-ring (bicyclic) bond motifs is 1. The number of hydrogen-bond acceptors (Lipinski definition) is 9. The van der Waals surface area contributed by atoms with Gasteiger partial charge in [-0.25, -0.2) is 14.5 Å². The first kappa shape index (κ1) is 23.2. The van der Waals surface area contributed by atoms with Gasteiger partial charge in [-0.15, -0.1) is 5.10 Å². The molecule has 0 aliphatic carbocycles. The van der Waals surface area contributed by atoms with Crippen LogP contribution in [0.2, 0.25) is 0 Å². The van der Waals surface area contributed by atoms with Crippen molar-refractivity contribution in [1.82, 2.24) is 29.5 Å². The van der Waals surface area contributed by atoms with Gasteiger partial charge < -0.3 is 19.5 Å². The molecule has 0 radical (unpaired) electrons. The molecular weight excluding hydrogens is 446 g/mol. The smallest absolute Gasteiger partial charge is 0.213 e. The van der Waals surface area contributed by atoms with Crippen molar-refractivity contribution in [2.75, 3.05) is 51.9 Å². The summed E-state index contributed by atoms with van der Waals surface area (Å²) < 4.78 is 18.4. The molecule has 1 aliphatic rings. The first-order chi connectivity index (χ1) is 17.3. The number of aromatic nitrogens is 5. The third-order valence-electron chi connectivity index (χ3n) is 5.83. The van der Waals surface area contributed by atoms with Gasteiger partial charge in [0.25, 0.3) is 0 Å². The molecule has 0 bridgehead atoms. The maximum absolute atomic E-state index is 5.98. The zero-order valence-corrected chi connectivity index (χ0v) is 19.8. The maximum Gasteiger partial charge on any atom is 0.213 e. The van der Waals surface area contributed by atoms with Gasteiger partial charge in [0.1, 0.15) is 11.2 Å². The second-order valence-corrected chi connectivity index (χ2v) is 8.21. The van der Waals surface area contributed by atoms with Crippen molar-refractivity contribution in [1.29, 1.82) is 0 Å². The van der Waals surface area contributed by atoms with E-state index in [9.17, 15) is 0 Å². The minimum atomic E-state index is 0.464. The molecule has 0 amide bonds. The molecule has 0 saturated carbocycles. The number of nitrogens with zero attached hydrogens (tertiary/aromatic N) is 6. The van der Waals surface area contributed by atoms with E-state index in [1.165, 1.54) is 0 Å². The summed E-state index contributed by atoms with van der Waals surface area (Å²) >= 11 is 0. The van der Waals surface area contributed by atoms with Gasteiger partial charge in [-0.05, 0) is 30.7 Å². The summed E-state index contributed by atoms with van der Waals surface area (Å²) in [7, 11) is 1.59. The second kappa shape index (κ2) is 11.2. The SMILES string of the molecule is COc1cccc(-c2nc(Nc3ccncc3COCCCN3CCOCC3)c3cccn3n2)n1. The number of methoxy groups -OCH3 is 1. The summed E-state index contributed by atoms with van der Waals surface area (Å²) in [5.74, 6) is 1.67. The predicted octanol–water partition coefficient (Wildman–Crippen LogP) is 3.18. The summed E-state index contributed by atoms with van der Waals surface area (Å²) in [6.07, 6.45) is 6.45. The average Bonchev–Trinajstić information content (AvgIpc) is 3.39. The molecule has 1 N–H and O–H groups in total. The summed E-state index contributed by atoms with van der Waals surface area (Å²) in [6, 6.07) is 11.4. The van der Waals surface area contributed by atoms with Crippen LogP contribution in [0, 0.1) is 0 Å². The Morgan fingerprint density at radius 2 is 2.00 bits per heavy atom. The van der Waals surface area contributed by atoms with Crippen LogP contribution in [0.15, 0.2) is 55.0 Å². The molecule has 10 heteroatoms. The fourth-order valence-electron chi connectivity index (χ4n) is 3.98. The van der Waals surface area contributed by atoms with E-state index >= 15 is 0 Å². The lowest BCUT2D eigenvalue weighted by atomic mass is 10.2. The molecule has 5 heterocycles. The van der Waals surface area contributed by atoms with Gasteiger partial charge >= 0.3 is 0 Å². The highest BCUT2D eigenvalue weighted by molar-refractivity contribution is 5.75. The molecular formula is C25H29N7O3. The molecule has 4 aromatic heterocycles. The lowest BCUT2D eigenvalue weighted by Crippen LogP contribution is -2.37. The number of nitrogens with one attached hydrogen (secondary N) is 1. The molecule has 182 valence electrons. The van der Waals surface area contributed by atoms with Crippen LogP contribution in [0.25, 0.3) is 17.0 Å². The van der Waals surface area contributed by atoms with E-state index in [-0.39, 0.29) is 0 Å². The minimum Gasteiger partial charge on any atom is -0.481 e. The number of rotatable bonds is 10. The fraction of sp³-hybridized carbons (Fsp3) is 0.360. The van der Waals surface area contributed by atoms with Gasteiger partial charge in [-0.2, -0.15) is 0 Å². The zero-order chi connectivity index (χ0) is 23.9. The van der Waals surface area contributed by atoms with Crippen molar-refractivity contribution in [3.63, 3.8) is 0 Å². The molecule has 1 fully saturated rings. The van der Waals surface area contributed by atoms with Crippen LogP contribution in [-0.2, 0) is 16.1 Å². The largest absolute Gasteiger partial charge is 0.481 e. The van der Waals surface area contributed by atoms with Crippen LogP contribution in [0.3, 0.4) is 0 Å². The van der Waals surface area contributed by atoms with Crippen molar-refractivity contribution < 1.29 is 14.2 Å². The number of anilines is 2. The monoisotopic (exact) mass is 475 g/mol. The average molecular weight is 476 g/mol. The Hall–Kier alpha value is -3.60. The highest BCUT2D eigenvalue weighted by Crippen LogP contribution is 2.26. The van der Waals surface area contributed by atoms with Crippen molar-refractivity contribution in [3.05, 3.63) is 60.6 Å². The molecule has 0 aromatic carbocycles. The first-order valence-corrected chi connectivity index (χ1v) is 11.7. The van der Waals surface area contributed by atoms with E-state index in [0.717, 1.165) is 56.0 Å². The lowest BCUT2D eigenvalue weighted by molar-refractivity contribution is 0.0310. The van der Waals surface area contributed by atoms with Crippen molar-refractivity contribution in [2.45, 2.75) is 13.0 Å². The first-order valence-electron chi connectivity index (χ1n) is 11.7. The number of morpholine rings is 1. The molecule has 1 saturated heterocycles. The zero-order valence-electron chi connectivity index (χ0n) is 19.8. The van der Waals surface area contributed by atoms with Crippen LogP contribution in [0.4, 0.5) is 11.5 Å². The second-order valence-electron chi connectivity index (χ2n) is 8.21. The quantitative estimate of drug-likeness (QED) is 0.347. The predicted molar refractivity (Wildman–Crippen MR) is 132 cm³/mol. The van der Waals surface area contributed by atoms with Crippen LogP contribution in [-0.4, -0.2) is 76.0 Å². The fourth-order valence-corrected chi connectivity index (χ4v) is 3.98. The summed E-state index contributed by atoms with van der Waals surface area (Å²) in [5.41, 5.74) is 3.33. The van der Waals surface area contributed by atoms with Crippen LogP contribution in [0.5, 0.6) is 5.88 Å². The molecule has 0 atom stereocenters. The molecule has 5 rings (SSSR count). The third-order valence-corrected chi connectivity index (χ3v) is 5.83. The Kier molecular flexibility index (Phi) is 7.42. The van der Waals surface area contributed by atoms with E-state index in [0.29, 0.717) is 36.4 Å². The van der Waals surface area contributed by atoms with Gasteiger partial charge in [0, 0.05) is 62.1 Å². The van der Waals surface area contributed by atoms with Crippen molar-refractivity contribution in [2.24, 2.45) is 0 Å². The molecule has 4 aromatic rings. The summed E-state index contributed by atoms with van der Waals surface area (Å²) in [5, 5.41) is 8.07. The highest BCUT2D eigenvalue weighted by Gasteiger charge is 2.14. The topological polar surface area (TPSA) is 98.9 Å². The molecule has 0 spiro atoms. The number of ether oxygens (including phenoxy) is 3. The van der Waals surface area contributed by atoms with Gasteiger partial charge in [-0.3, -0.25) is 9.88 Å². The lowest BCUT2D eigenvalue weighted by Gasteiger charge is -2.26. The summed E-state index contributed by atoms with van der Waals surface area (Å²) in [6.45, 7) is 5.81. The third kappa shape index (κ3) is 5.73. The van der Waals surface area contributed by atoms with E-state index in [1.807, 2.05) is 42.7 Å². The number of hydrogen-bond donors (Lipinski definition) is 1. The Balaban J connectivity index is 1.29. The Morgan fingerprint density at radius 3 is 2.89 bits per heavy atom. The van der Waals surface area contributed by atoms with E-state index < -0.39 is 0 Å². The van der Waals surface area contributed by atoms with Gasteiger partial charge in [0.05, 0.1) is 26.9 Å². The van der Waals surface area contributed by atoms with E-state index in [1.54, 1.807) is 23.9 Å². The van der Waals surface area contributed by atoms with Crippen molar-refractivity contribution in [3.8, 4) is 17.4 Å². The normalized spacial score (nSPS) is 14.3. The Morgan fingerprint density at radius 1 is 1.09 bits per heavy atom. The van der Waals surface area contributed by atoms with Crippen LogP contribution < -0.4 is 10.1 Å². The molecule has 1 aliphatic heterocycles. The Bertz CT molecular complexity index is 1260. The van der Waals surface area contributed by atoms with Crippen LogP contribution in [0.1, 0.15) is 12.0 Å². The number of pyridine rings is 2. The highest BCUT2D eigenvalue weighted by atomic mass is 16.5. The summed E-state index contributed by atoms with van der Waals surface area (Å²) in [4.78, 5) is 16.0. The molecule has 0 unspecified atom stereocenters. The van der Waals surface area contributed by atoms with Gasteiger partial charge in [0.15, 0.2) is 5.82 Å². The van der Waals surface area contributed by atoms with Crippen molar-refractivity contribution >= 4 is 17.0 Å². The molecule has 35 heavy (non-hydrogen) atoms.